The first-order valence-electron chi connectivity index (χ1n) is 13.3. The third-order valence-corrected chi connectivity index (χ3v) is 7.42. The van der Waals surface area contributed by atoms with E-state index in [1.54, 1.807) is 35.1 Å². The van der Waals surface area contributed by atoms with Gasteiger partial charge in [0.2, 0.25) is 0 Å². The summed E-state index contributed by atoms with van der Waals surface area (Å²) in [4.78, 5) is 4.43. The first-order chi connectivity index (χ1) is 18.8. The topological polar surface area (TPSA) is 112 Å². The monoisotopic (exact) mass is 532 g/mol. The van der Waals surface area contributed by atoms with Gasteiger partial charge in [-0.05, 0) is 68.4 Å². The predicted molar refractivity (Wildman–Crippen MR) is 144 cm³/mol. The van der Waals surface area contributed by atoms with Crippen molar-refractivity contribution in [2.45, 2.75) is 62.7 Å². The van der Waals surface area contributed by atoms with Crippen molar-refractivity contribution in [3.05, 3.63) is 76.5 Å². The second-order valence-corrected chi connectivity index (χ2v) is 10.4. The van der Waals surface area contributed by atoms with Crippen LogP contribution in [0.1, 0.15) is 68.8 Å². The molecule has 2 saturated carbocycles. The van der Waals surface area contributed by atoms with Gasteiger partial charge in [0, 0.05) is 23.3 Å². The minimum atomic E-state index is -1.61. The van der Waals surface area contributed by atoms with Crippen molar-refractivity contribution in [2.75, 3.05) is 10.6 Å². The number of rotatable bonds is 7. The molecule has 10 heteroatoms. The Hall–Kier alpha value is -3.74. The van der Waals surface area contributed by atoms with E-state index < -0.39 is 11.8 Å². The largest absolute Gasteiger partial charge is 0.393 e. The van der Waals surface area contributed by atoms with Gasteiger partial charge in [0.25, 0.3) is 0 Å². The maximum atomic E-state index is 13.8. The van der Waals surface area contributed by atoms with Crippen molar-refractivity contribution >= 4 is 33.9 Å². The van der Waals surface area contributed by atoms with E-state index in [1.165, 1.54) is 18.3 Å². The first-order valence-corrected chi connectivity index (χ1v) is 13.2. The highest BCUT2D eigenvalue weighted by atomic mass is 35.5. The lowest BCUT2D eigenvalue weighted by Gasteiger charge is -2.28. The third-order valence-electron chi connectivity index (χ3n) is 7.13. The van der Waals surface area contributed by atoms with E-state index in [9.17, 15) is 16.1 Å². The van der Waals surface area contributed by atoms with Crippen LogP contribution in [0.5, 0.6) is 0 Å². The summed E-state index contributed by atoms with van der Waals surface area (Å²) in [6.45, 7) is 0. The van der Waals surface area contributed by atoms with E-state index in [-0.39, 0.29) is 18.2 Å². The van der Waals surface area contributed by atoms with Crippen LogP contribution in [0.4, 0.5) is 15.8 Å². The van der Waals surface area contributed by atoms with Gasteiger partial charge in [-0.3, -0.25) is 4.98 Å². The molecule has 0 bridgehead atoms. The molecule has 194 valence electrons. The Labute approximate surface area is 225 Å². The molecular weight excluding hydrogens is 505 g/mol. The number of benzene rings is 2. The third kappa shape index (κ3) is 5.02. The van der Waals surface area contributed by atoms with Gasteiger partial charge in [0.1, 0.15) is 17.6 Å². The predicted octanol–water partition coefficient (Wildman–Crippen LogP) is 5.74. The van der Waals surface area contributed by atoms with Gasteiger partial charge in [-0.1, -0.05) is 28.9 Å². The Morgan fingerprint density at radius 2 is 2.03 bits per heavy atom. The second-order valence-electron chi connectivity index (χ2n) is 10.00. The summed E-state index contributed by atoms with van der Waals surface area (Å²) in [6.07, 6.45) is 7.98. The minimum absolute atomic E-state index is 0.00575. The number of nitrogens with zero attached hydrogens (tertiary/aromatic N) is 5. The Morgan fingerprint density at radius 1 is 1.21 bits per heavy atom. The van der Waals surface area contributed by atoms with Crippen LogP contribution < -0.4 is 10.6 Å². The minimum Gasteiger partial charge on any atom is -0.393 e. The number of aromatic nitrogens is 4. The Bertz CT molecular complexity index is 1570. The number of nitriles is 1. The zero-order valence-corrected chi connectivity index (χ0v) is 21.3. The SMILES string of the molecule is [2H][C@@](Nc1cc(Cl)c2ncc(C#N)c(N[C@@H]3CCC[C@@H](O)C3)c2c1)(c1ccc(F)cc1)c1cn(C2CC2)nn1. The molecule has 6 rings (SSSR count). The molecule has 0 unspecified atom stereocenters. The van der Waals surface area contributed by atoms with Crippen LogP contribution in [0.25, 0.3) is 10.9 Å². The molecule has 3 N–H and O–H groups in total. The molecule has 0 amide bonds. The van der Waals surface area contributed by atoms with Gasteiger partial charge in [-0.15, -0.1) is 5.10 Å². The van der Waals surface area contributed by atoms with Crippen LogP contribution in [0.2, 0.25) is 5.02 Å². The standard InChI is InChI=1S/C28H27ClFN7O/c29-24-12-20(11-23-26(17(13-31)14-32-28(23)24)33-19-2-1-3-22(38)10-19)34-27(16-4-6-18(30)7-5-16)25-15-37(36-35-25)21-8-9-21/h4-7,11-12,14-15,19,21-22,27,34,38H,1-3,8-10H2,(H,32,33)/t19-,22-,27-/m1/s1/i27D. The van der Waals surface area contributed by atoms with Crippen LogP contribution in [0.3, 0.4) is 0 Å². The molecule has 0 saturated heterocycles. The average molecular weight is 533 g/mol. The van der Waals surface area contributed by atoms with E-state index in [0.29, 0.717) is 50.5 Å². The number of aliphatic hydroxyl groups excluding tert-OH is 1. The molecule has 2 aromatic carbocycles. The molecule has 2 aliphatic carbocycles. The number of halogens is 2. The molecule has 0 spiro atoms. The summed E-state index contributed by atoms with van der Waals surface area (Å²) in [6, 6.07) is 10.1. The van der Waals surface area contributed by atoms with Crippen LogP contribution in [-0.4, -0.2) is 37.2 Å². The number of nitrogens with one attached hydrogen (secondary N) is 2. The highest BCUT2D eigenvalue weighted by Gasteiger charge is 2.27. The number of hydrogen-bond donors (Lipinski definition) is 3. The van der Waals surface area contributed by atoms with Crippen molar-refractivity contribution < 1.29 is 10.9 Å². The highest BCUT2D eigenvalue weighted by molar-refractivity contribution is 6.35. The Balaban J connectivity index is 1.44. The summed E-state index contributed by atoms with van der Waals surface area (Å²) in [5.74, 6) is -0.407. The molecule has 2 aliphatic rings. The van der Waals surface area contributed by atoms with E-state index in [4.69, 9.17) is 11.6 Å². The van der Waals surface area contributed by atoms with E-state index in [0.717, 1.165) is 32.1 Å². The molecule has 4 aromatic rings. The smallest absolute Gasteiger partial charge is 0.123 e. The molecule has 8 nitrogen and oxygen atoms in total. The molecule has 0 aliphatic heterocycles. The van der Waals surface area contributed by atoms with Crippen LogP contribution >= 0.6 is 11.6 Å². The van der Waals surface area contributed by atoms with E-state index in [2.05, 4.69) is 32.0 Å². The first kappa shape index (κ1) is 23.4. The Morgan fingerprint density at radius 3 is 2.76 bits per heavy atom. The van der Waals surface area contributed by atoms with Crippen molar-refractivity contribution in [1.82, 2.24) is 20.0 Å². The van der Waals surface area contributed by atoms with Crippen molar-refractivity contribution in [1.29, 1.82) is 5.26 Å². The summed E-state index contributed by atoms with van der Waals surface area (Å²) in [5.41, 5.74) is 2.79. The second kappa shape index (κ2) is 10.2. The van der Waals surface area contributed by atoms with Gasteiger partial charge >= 0.3 is 0 Å². The van der Waals surface area contributed by atoms with Crippen LogP contribution in [-0.2, 0) is 0 Å². The average Bonchev–Trinajstić information content (AvgIpc) is 3.65. The van der Waals surface area contributed by atoms with Crippen molar-refractivity contribution in [3.8, 4) is 6.07 Å². The summed E-state index contributed by atoms with van der Waals surface area (Å²) < 4.78 is 25.1. The number of fused-ring (bicyclic) bond motifs is 1. The number of aliphatic hydroxyl groups is 1. The summed E-state index contributed by atoms with van der Waals surface area (Å²) >= 11 is 6.70. The molecule has 38 heavy (non-hydrogen) atoms. The van der Waals surface area contributed by atoms with Gasteiger partial charge in [0.05, 0.1) is 47.5 Å². The molecular formula is C28H27ClFN7O. The van der Waals surface area contributed by atoms with E-state index >= 15 is 0 Å². The lowest BCUT2D eigenvalue weighted by atomic mass is 9.92. The normalized spacial score (nSPS) is 21.4. The maximum Gasteiger partial charge on any atom is 0.123 e. The van der Waals surface area contributed by atoms with Crippen molar-refractivity contribution in [3.63, 3.8) is 0 Å². The van der Waals surface area contributed by atoms with Crippen LogP contribution in [0, 0.1) is 17.1 Å². The fraction of sp³-hybridized carbons (Fsp3) is 0.357. The molecule has 2 heterocycles. The lowest BCUT2D eigenvalue weighted by molar-refractivity contribution is 0.124. The zero-order chi connectivity index (χ0) is 27.1. The zero-order valence-electron chi connectivity index (χ0n) is 21.5. The van der Waals surface area contributed by atoms with E-state index in [1.807, 2.05) is 0 Å². The molecule has 2 fully saturated rings. The molecule has 0 radical (unpaired) electrons. The van der Waals surface area contributed by atoms with Crippen LogP contribution in [0.15, 0.2) is 48.8 Å². The van der Waals surface area contributed by atoms with Gasteiger partial charge < -0.3 is 15.7 Å². The lowest BCUT2D eigenvalue weighted by Crippen LogP contribution is -2.30. The maximum absolute atomic E-state index is 13.8. The van der Waals surface area contributed by atoms with Gasteiger partial charge in [-0.25, -0.2) is 9.07 Å². The summed E-state index contributed by atoms with van der Waals surface area (Å²) in [5, 5.41) is 36.2. The Kier molecular flexibility index (Phi) is 6.27. The molecule has 2 aromatic heterocycles. The van der Waals surface area contributed by atoms with Gasteiger partial charge in [-0.2, -0.15) is 5.26 Å². The number of hydrogen-bond acceptors (Lipinski definition) is 7. The highest BCUT2D eigenvalue weighted by Crippen LogP contribution is 2.38. The van der Waals surface area contributed by atoms with Gasteiger partial charge in [0.15, 0.2) is 0 Å². The fourth-order valence-electron chi connectivity index (χ4n) is 5.03. The summed E-state index contributed by atoms with van der Waals surface area (Å²) in [7, 11) is 0. The number of anilines is 2. The number of pyridine rings is 1. The quantitative estimate of drug-likeness (QED) is 0.278. The van der Waals surface area contributed by atoms with Crippen molar-refractivity contribution in [2.24, 2.45) is 0 Å². The molecule has 3 atom stereocenters. The fourth-order valence-corrected chi connectivity index (χ4v) is 5.29.